The fourth-order valence-electron chi connectivity index (χ4n) is 2.74. The highest BCUT2D eigenvalue weighted by molar-refractivity contribution is 7.16. The minimum Gasteiger partial charge on any atom is -0.465 e. The van der Waals surface area contributed by atoms with Gasteiger partial charge in [-0.15, -0.1) is 11.3 Å². The van der Waals surface area contributed by atoms with E-state index in [1.807, 2.05) is 37.3 Å². The zero-order chi connectivity index (χ0) is 16.6. The number of hydrogen-bond acceptors (Lipinski definition) is 4. The lowest BCUT2D eigenvalue weighted by Crippen LogP contribution is -2.32. The molecule has 120 valence electrons. The van der Waals surface area contributed by atoms with Gasteiger partial charge in [0.25, 0.3) is 0 Å². The summed E-state index contributed by atoms with van der Waals surface area (Å²) in [6, 6.07) is 9.49. The average molecular weight is 350 g/mol. The van der Waals surface area contributed by atoms with Crippen LogP contribution in [-0.4, -0.2) is 25.0 Å². The van der Waals surface area contributed by atoms with Gasteiger partial charge in [-0.05, 0) is 37.6 Å². The van der Waals surface area contributed by atoms with Crippen molar-refractivity contribution in [1.29, 1.82) is 0 Å². The van der Waals surface area contributed by atoms with Gasteiger partial charge in [0.2, 0.25) is 5.91 Å². The second-order valence-corrected chi connectivity index (χ2v) is 6.66. The zero-order valence-electron chi connectivity index (χ0n) is 12.8. The van der Waals surface area contributed by atoms with Crippen molar-refractivity contribution in [3.63, 3.8) is 0 Å². The van der Waals surface area contributed by atoms with Crippen molar-refractivity contribution >= 4 is 40.5 Å². The number of carbonyl (C=O) groups is 2. The third kappa shape index (κ3) is 2.75. The quantitative estimate of drug-likeness (QED) is 0.617. The summed E-state index contributed by atoms with van der Waals surface area (Å²) < 4.78 is 5.08. The Labute approximate surface area is 143 Å². The van der Waals surface area contributed by atoms with E-state index in [0.717, 1.165) is 21.0 Å². The number of esters is 1. The smallest absolute Gasteiger partial charge is 0.323 e. The summed E-state index contributed by atoms with van der Waals surface area (Å²) in [5, 5.41) is 0.654. The van der Waals surface area contributed by atoms with Crippen molar-refractivity contribution in [3.8, 4) is 10.4 Å². The summed E-state index contributed by atoms with van der Waals surface area (Å²) >= 11 is 7.50. The highest BCUT2D eigenvalue weighted by Crippen LogP contribution is 2.47. The van der Waals surface area contributed by atoms with Gasteiger partial charge in [0.1, 0.15) is 0 Å². The van der Waals surface area contributed by atoms with Gasteiger partial charge in [-0.2, -0.15) is 0 Å². The standard InChI is InChI=1S/C17H16ClNO3S/c1-3-19-12-9-13(10-6-5-7-11(18)8-10)23-15(12)14(16(19)20)17(21)22-4-2/h5-9,14H,3-4H2,1-2H3. The molecule has 1 aromatic carbocycles. The molecule has 0 N–H and O–H groups in total. The Morgan fingerprint density at radius 1 is 1.35 bits per heavy atom. The van der Waals surface area contributed by atoms with Gasteiger partial charge in [0.15, 0.2) is 5.92 Å². The van der Waals surface area contributed by atoms with Crippen molar-refractivity contribution in [2.75, 3.05) is 18.1 Å². The Morgan fingerprint density at radius 2 is 2.13 bits per heavy atom. The maximum atomic E-state index is 12.5. The minimum atomic E-state index is -0.845. The number of carbonyl (C=O) groups excluding carboxylic acids is 2. The Bertz CT molecular complexity index is 771. The Hall–Kier alpha value is -1.85. The van der Waals surface area contributed by atoms with E-state index in [-0.39, 0.29) is 12.5 Å². The first kappa shape index (κ1) is 16.0. The predicted molar refractivity (Wildman–Crippen MR) is 92.2 cm³/mol. The van der Waals surface area contributed by atoms with Gasteiger partial charge in [-0.25, -0.2) is 0 Å². The maximum absolute atomic E-state index is 12.5. The zero-order valence-corrected chi connectivity index (χ0v) is 14.4. The molecule has 0 bridgehead atoms. The molecule has 2 aromatic rings. The van der Waals surface area contributed by atoms with Gasteiger partial charge in [-0.3, -0.25) is 9.59 Å². The molecule has 2 heterocycles. The largest absolute Gasteiger partial charge is 0.465 e. The van der Waals surface area contributed by atoms with Crippen molar-refractivity contribution in [2.45, 2.75) is 19.8 Å². The minimum absolute atomic E-state index is 0.204. The summed E-state index contributed by atoms with van der Waals surface area (Å²) in [6.45, 7) is 4.41. The summed E-state index contributed by atoms with van der Waals surface area (Å²) in [5.41, 5.74) is 1.78. The second-order valence-electron chi connectivity index (χ2n) is 5.14. The van der Waals surface area contributed by atoms with Crippen molar-refractivity contribution < 1.29 is 14.3 Å². The van der Waals surface area contributed by atoms with Gasteiger partial charge in [0.05, 0.1) is 17.2 Å². The lowest BCUT2D eigenvalue weighted by Gasteiger charge is -2.15. The molecular weight excluding hydrogens is 334 g/mol. The average Bonchev–Trinajstić information content (AvgIpc) is 3.03. The topological polar surface area (TPSA) is 46.6 Å². The summed E-state index contributed by atoms with van der Waals surface area (Å²) in [7, 11) is 0. The lowest BCUT2D eigenvalue weighted by molar-refractivity contribution is -0.147. The highest BCUT2D eigenvalue weighted by atomic mass is 35.5. The molecular formula is C17H16ClNO3S. The first-order valence-electron chi connectivity index (χ1n) is 7.44. The molecule has 0 spiro atoms. The summed E-state index contributed by atoms with van der Waals surface area (Å²) in [4.78, 5) is 28.1. The van der Waals surface area contributed by atoms with Gasteiger partial charge in [-0.1, -0.05) is 23.7 Å². The molecule has 6 heteroatoms. The van der Waals surface area contributed by atoms with Crippen LogP contribution < -0.4 is 4.90 Å². The molecule has 1 aromatic heterocycles. The van der Waals surface area contributed by atoms with Crippen molar-refractivity contribution in [3.05, 3.63) is 40.2 Å². The monoisotopic (exact) mass is 349 g/mol. The fourth-order valence-corrected chi connectivity index (χ4v) is 4.17. The Kier molecular flexibility index (Phi) is 4.41. The van der Waals surface area contributed by atoms with Gasteiger partial charge >= 0.3 is 5.97 Å². The molecule has 1 unspecified atom stereocenters. The molecule has 23 heavy (non-hydrogen) atoms. The summed E-state index contributed by atoms with van der Waals surface area (Å²) in [6.07, 6.45) is 0. The number of likely N-dealkylation sites (N-methyl/N-ethyl adjacent to an activating group) is 1. The third-order valence-electron chi connectivity index (χ3n) is 3.75. The third-order valence-corrected chi connectivity index (χ3v) is 5.23. The van der Waals surface area contributed by atoms with E-state index in [0.29, 0.717) is 11.6 Å². The van der Waals surface area contributed by atoms with Crippen LogP contribution in [0.1, 0.15) is 24.6 Å². The van der Waals surface area contributed by atoms with E-state index in [1.54, 1.807) is 11.8 Å². The number of fused-ring (bicyclic) bond motifs is 1. The molecule has 1 aliphatic heterocycles. The highest BCUT2D eigenvalue weighted by Gasteiger charge is 2.44. The Morgan fingerprint density at radius 3 is 2.78 bits per heavy atom. The number of amides is 1. The first-order valence-corrected chi connectivity index (χ1v) is 8.64. The van der Waals surface area contributed by atoms with Crippen LogP contribution in [0.3, 0.4) is 0 Å². The van der Waals surface area contributed by atoms with Crippen LogP contribution >= 0.6 is 22.9 Å². The van der Waals surface area contributed by atoms with Crippen LogP contribution in [0.15, 0.2) is 30.3 Å². The van der Waals surface area contributed by atoms with E-state index in [4.69, 9.17) is 16.3 Å². The van der Waals surface area contributed by atoms with E-state index < -0.39 is 11.9 Å². The maximum Gasteiger partial charge on any atom is 0.323 e. The normalized spacial score (nSPS) is 16.6. The van der Waals surface area contributed by atoms with Crippen LogP contribution in [-0.2, 0) is 14.3 Å². The molecule has 1 amide bonds. The van der Waals surface area contributed by atoms with Crippen molar-refractivity contribution in [2.24, 2.45) is 0 Å². The van der Waals surface area contributed by atoms with E-state index in [1.165, 1.54) is 11.3 Å². The fraction of sp³-hybridized carbons (Fsp3) is 0.294. The van der Waals surface area contributed by atoms with E-state index in [9.17, 15) is 9.59 Å². The summed E-state index contributed by atoms with van der Waals surface area (Å²) in [5.74, 6) is -1.53. The molecule has 0 saturated heterocycles. The molecule has 3 rings (SSSR count). The van der Waals surface area contributed by atoms with Gasteiger partial charge < -0.3 is 9.64 Å². The number of ether oxygens (including phenoxy) is 1. The van der Waals surface area contributed by atoms with Crippen molar-refractivity contribution in [1.82, 2.24) is 0 Å². The van der Waals surface area contributed by atoms with Crippen LogP contribution in [0.25, 0.3) is 10.4 Å². The molecule has 1 aliphatic rings. The number of hydrogen-bond donors (Lipinski definition) is 0. The number of anilines is 1. The molecule has 1 atom stereocenters. The van der Waals surface area contributed by atoms with Crippen LogP contribution in [0.4, 0.5) is 5.69 Å². The molecule has 4 nitrogen and oxygen atoms in total. The molecule has 0 saturated carbocycles. The lowest BCUT2D eigenvalue weighted by atomic mass is 10.1. The first-order chi connectivity index (χ1) is 11.1. The Balaban J connectivity index is 2.05. The number of nitrogens with zero attached hydrogens (tertiary/aromatic N) is 1. The van der Waals surface area contributed by atoms with Crippen LogP contribution in [0.5, 0.6) is 0 Å². The molecule has 0 fully saturated rings. The second kappa shape index (κ2) is 6.34. The number of thiophene rings is 1. The van der Waals surface area contributed by atoms with E-state index >= 15 is 0 Å². The van der Waals surface area contributed by atoms with Crippen LogP contribution in [0.2, 0.25) is 5.02 Å². The van der Waals surface area contributed by atoms with Crippen LogP contribution in [0, 0.1) is 0 Å². The number of halogens is 1. The number of benzene rings is 1. The van der Waals surface area contributed by atoms with E-state index in [2.05, 4.69) is 0 Å². The number of rotatable bonds is 4. The SMILES string of the molecule is CCOC(=O)C1C(=O)N(CC)c2cc(-c3cccc(Cl)c3)sc21. The molecule has 0 radical (unpaired) electrons. The molecule has 0 aliphatic carbocycles. The van der Waals surface area contributed by atoms with Gasteiger partial charge in [0, 0.05) is 16.4 Å². The predicted octanol–water partition coefficient (Wildman–Crippen LogP) is 4.08.